The SMILES string of the molecule is CCCCCCCC/C=C\CCCCCCCCCC(=O)O[C@H](COC(=O)CCCCCCCCCCC)COP(=O)(O)OCC[N+](C)(C)C. The zero-order valence-electron chi connectivity index (χ0n) is 33.1. The average Bonchev–Trinajstić information content (AvgIpc) is 3.06. The van der Waals surface area contributed by atoms with Gasteiger partial charge in [0.2, 0.25) is 0 Å². The van der Waals surface area contributed by atoms with E-state index in [1.54, 1.807) is 0 Å². The Labute approximate surface area is 307 Å². The Bertz CT molecular complexity index is 876. The van der Waals surface area contributed by atoms with Crippen LogP contribution in [0.4, 0.5) is 0 Å². The number of ether oxygens (including phenoxy) is 2. The maximum atomic E-state index is 12.6. The highest BCUT2D eigenvalue weighted by atomic mass is 31.2. The molecule has 0 heterocycles. The van der Waals surface area contributed by atoms with E-state index in [0.29, 0.717) is 23.9 Å². The predicted octanol–water partition coefficient (Wildman–Crippen LogP) is 11.0. The molecule has 0 spiro atoms. The van der Waals surface area contributed by atoms with Crippen LogP contribution < -0.4 is 0 Å². The van der Waals surface area contributed by atoms with E-state index in [-0.39, 0.29) is 25.6 Å². The largest absolute Gasteiger partial charge is 0.472 e. The fourth-order valence-electron chi connectivity index (χ4n) is 5.54. The van der Waals surface area contributed by atoms with Crippen molar-refractivity contribution in [2.45, 2.75) is 187 Å². The molecule has 0 radical (unpaired) electrons. The second-order valence-electron chi connectivity index (χ2n) is 15.0. The molecular weight excluding hydrogens is 653 g/mol. The molecule has 1 N–H and O–H groups in total. The number of quaternary nitrogens is 1. The standard InChI is InChI=1S/C40H78NO8P/c1-6-8-10-12-14-16-17-18-19-20-21-22-23-25-27-29-31-33-40(43)49-38(37-48-50(44,45)47-35-34-41(3,4)5)36-46-39(42)32-30-28-26-24-15-13-11-9-7-2/h18-19,38H,6-17,20-37H2,1-5H3/p+1/b19-18-/t38-/m1/s1. The van der Waals surface area contributed by atoms with E-state index in [1.165, 1.54) is 103 Å². The van der Waals surface area contributed by atoms with Gasteiger partial charge in [0.1, 0.15) is 19.8 Å². The molecule has 10 heteroatoms. The zero-order valence-corrected chi connectivity index (χ0v) is 34.0. The summed E-state index contributed by atoms with van der Waals surface area (Å²) in [4.78, 5) is 35.2. The van der Waals surface area contributed by atoms with Crippen LogP contribution in [0.25, 0.3) is 0 Å². The number of unbranched alkanes of at least 4 members (excludes halogenated alkanes) is 21. The Hall–Kier alpha value is -1.25. The Kier molecular flexibility index (Phi) is 32.7. The number of likely N-dealkylation sites (N-methyl/N-ethyl adjacent to an activating group) is 1. The van der Waals surface area contributed by atoms with Crippen molar-refractivity contribution in [2.24, 2.45) is 0 Å². The minimum atomic E-state index is -4.36. The molecule has 0 bridgehead atoms. The van der Waals surface area contributed by atoms with E-state index < -0.39 is 26.5 Å². The van der Waals surface area contributed by atoms with Crippen LogP contribution in [-0.2, 0) is 32.7 Å². The van der Waals surface area contributed by atoms with Gasteiger partial charge < -0.3 is 18.9 Å². The molecular formula is C40H79NO8P+. The number of phosphoric ester groups is 1. The van der Waals surface area contributed by atoms with Gasteiger partial charge >= 0.3 is 19.8 Å². The highest BCUT2D eigenvalue weighted by molar-refractivity contribution is 7.47. The van der Waals surface area contributed by atoms with Crippen LogP contribution in [0, 0.1) is 0 Å². The molecule has 0 aliphatic heterocycles. The first-order valence-electron chi connectivity index (χ1n) is 20.4. The van der Waals surface area contributed by atoms with Gasteiger partial charge in [0, 0.05) is 12.8 Å². The molecule has 50 heavy (non-hydrogen) atoms. The van der Waals surface area contributed by atoms with Gasteiger partial charge in [0.25, 0.3) is 0 Å². The second kappa shape index (κ2) is 33.6. The molecule has 1 unspecified atom stereocenters. The third-order valence-corrected chi connectivity index (χ3v) is 9.78. The molecule has 296 valence electrons. The topological polar surface area (TPSA) is 108 Å². The fraction of sp³-hybridized carbons (Fsp3) is 0.900. The Morgan fingerprint density at radius 3 is 1.48 bits per heavy atom. The number of carbonyl (C=O) groups is 2. The molecule has 0 amide bonds. The van der Waals surface area contributed by atoms with Gasteiger partial charge in [-0.2, -0.15) is 0 Å². The highest BCUT2D eigenvalue weighted by Crippen LogP contribution is 2.43. The van der Waals surface area contributed by atoms with Crippen molar-refractivity contribution in [2.75, 3.05) is 47.5 Å². The first-order valence-corrected chi connectivity index (χ1v) is 21.9. The summed E-state index contributed by atoms with van der Waals surface area (Å²) in [6.45, 7) is 4.39. The lowest BCUT2D eigenvalue weighted by molar-refractivity contribution is -0.870. The number of phosphoric acid groups is 1. The first kappa shape index (κ1) is 48.8. The molecule has 2 atom stereocenters. The minimum absolute atomic E-state index is 0.0335. The molecule has 0 aliphatic carbocycles. The lowest BCUT2D eigenvalue weighted by atomic mass is 10.1. The molecule has 0 aliphatic rings. The number of nitrogens with zero attached hydrogens (tertiary/aromatic N) is 1. The van der Waals surface area contributed by atoms with E-state index in [9.17, 15) is 19.0 Å². The number of hydrogen-bond donors (Lipinski definition) is 1. The van der Waals surface area contributed by atoms with Crippen molar-refractivity contribution in [3.8, 4) is 0 Å². The Balaban J connectivity index is 4.35. The molecule has 0 aromatic heterocycles. The minimum Gasteiger partial charge on any atom is -0.462 e. The monoisotopic (exact) mass is 733 g/mol. The normalized spacial score (nSPS) is 13.8. The summed E-state index contributed by atoms with van der Waals surface area (Å²) in [5.74, 6) is -0.801. The zero-order chi connectivity index (χ0) is 37.2. The number of rotatable bonds is 37. The van der Waals surface area contributed by atoms with Crippen LogP contribution in [-0.4, -0.2) is 74.9 Å². The van der Waals surface area contributed by atoms with Crippen LogP contribution in [0.2, 0.25) is 0 Å². The lowest BCUT2D eigenvalue weighted by Gasteiger charge is -2.24. The average molecular weight is 733 g/mol. The van der Waals surface area contributed by atoms with Crippen LogP contribution in [0.15, 0.2) is 12.2 Å². The Morgan fingerprint density at radius 2 is 1.02 bits per heavy atom. The maximum Gasteiger partial charge on any atom is 0.472 e. The van der Waals surface area contributed by atoms with Crippen LogP contribution in [0.1, 0.15) is 181 Å². The third-order valence-electron chi connectivity index (χ3n) is 8.80. The van der Waals surface area contributed by atoms with Gasteiger partial charge in [-0.25, -0.2) is 4.57 Å². The van der Waals surface area contributed by atoms with Gasteiger partial charge in [0.05, 0.1) is 27.7 Å². The van der Waals surface area contributed by atoms with E-state index in [0.717, 1.165) is 44.9 Å². The fourth-order valence-corrected chi connectivity index (χ4v) is 6.28. The molecule has 0 saturated heterocycles. The summed E-state index contributed by atoms with van der Waals surface area (Å²) < 4.78 is 34.2. The number of carbonyl (C=O) groups excluding carboxylic acids is 2. The summed E-state index contributed by atoms with van der Waals surface area (Å²) in [7, 11) is 1.48. The van der Waals surface area contributed by atoms with Crippen LogP contribution >= 0.6 is 7.82 Å². The summed E-state index contributed by atoms with van der Waals surface area (Å²) in [5.41, 5.74) is 0. The molecule has 0 rings (SSSR count). The highest BCUT2D eigenvalue weighted by Gasteiger charge is 2.27. The van der Waals surface area contributed by atoms with Gasteiger partial charge in [-0.3, -0.25) is 18.6 Å². The summed E-state index contributed by atoms with van der Waals surface area (Å²) in [5, 5.41) is 0. The van der Waals surface area contributed by atoms with Crippen molar-refractivity contribution in [1.82, 2.24) is 0 Å². The quantitative estimate of drug-likeness (QED) is 0.0221. The number of esters is 2. The van der Waals surface area contributed by atoms with E-state index in [2.05, 4.69) is 26.0 Å². The van der Waals surface area contributed by atoms with Crippen LogP contribution in [0.5, 0.6) is 0 Å². The molecule has 0 saturated carbocycles. The van der Waals surface area contributed by atoms with Crippen molar-refractivity contribution < 1.29 is 42.1 Å². The summed E-state index contributed by atoms with van der Waals surface area (Å²) >= 11 is 0. The van der Waals surface area contributed by atoms with Crippen LogP contribution in [0.3, 0.4) is 0 Å². The lowest BCUT2D eigenvalue weighted by Crippen LogP contribution is -2.37. The number of hydrogen-bond acceptors (Lipinski definition) is 7. The van der Waals surface area contributed by atoms with E-state index in [4.69, 9.17) is 18.5 Å². The molecule has 0 aromatic carbocycles. The summed E-state index contributed by atoms with van der Waals surface area (Å²) in [6, 6.07) is 0. The van der Waals surface area contributed by atoms with Gasteiger partial charge in [-0.05, 0) is 38.5 Å². The second-order valence-corrected chi connectivity index (χ2v) is 16.5. The summed E-state index contributed by atoms with van der Waals surface area (Å²) in [6.07, 6.45) is 32.6. The maximum absolute atomic E-state index is 12.6. The molecule has 0 fully saturated rings. The van der Waals surface area contributed by atoms with Gasteiger partial charge in [-0.15, -0.1) is 0 Å². The third kappa shape index (κ3) is 36.5. The number of allylic oxidation sites excluding steroid dienone is 2. The predicted molar refractivity (Wildman–Crippen MR) is 206 cm³/mol. The smallest absolute Gasteiger partial charge is 0.462 e. The van der Waals surface area contributed by atoms with Crippen molar-refractivity contribution >= 4 is 19.8 Å². The first-order chi connectivity index (χ1) is 24.0. The molecule has 9 nitrogen and oxygen atoms in total. The van der Waals surface area contributed by atoms with Gasteiger partial charge in [0.15, 0.2) is 6.10 Å². The van der Waals surface area contributed by atoms with E-state index in [1.807, 2.05) is 21.1 Å². The Morgan fingerprint density at radius 1 is 0.600 bits per heavy atom. The van der Waals surface area contributed by atoms with Crippen molar-refractivity contribution in [3.63, 3.8) is 0 Å². The van der Waals surface area contributed by atoms with E-state index >= 15 is 0 Å². The molecule has 0 aromatic rings. The van der Waals surface area contributed by atoms with Crippen molar-refractivity contribution in [1.29, 1.82) is 0 Å². The van der Waals surface area contributed by atoms with Crippen molar-refractivity contribution in [3.05, 3.63) is 12.2 Å². The van der Waals surface area contributed by atoms with Gasteiger partial charge in [-0.1, -0.05) is 142 Å².